The summed E-state index contributed by atoms with van der Waals surface area (Å²) in [5, 5.41) is 5.98. The average molecular weight is 747 g/mol. The van der Waals surface area contributed by atoms with E-state index in [1.54, 1.807) is 37.6 Å². The van der Waals surface area contributed by atoms with E-state index < -0.39 is 0 Å². The number of aromatic nitrogens is 2. The largest absolute Gasteiger partial charge is 0.493 e. The lowest BCUT2D eigenvalue weighted by atomic mass is 10.1. The van der Waals surface area contributed by atoms with Gasteiger partial charge in [-0.1, -0.05) is 59.0 Å². The van der Waals surface area contributed by atoms with Crippen LogP contribution < -0.4 is 15.0 Å². The molecule has 0 radical (unpaired) electrons. The topological polar surface area (TPSA) is 65.7 Å². The van der Waals surface area contributed by atoms with E-state index in [4.69, 9.17) is 37.7 Å². The molecule has 0 spiro atoms. The van der Waals surface area contributed by atoms with E-state index >= 15 is 0 Å². The van der Waals surface area contributed by atoms with Crippen LogP contribution in [0, 0.1) is 0 Å². The van der Waals surface area contributed by atoms with Gasteiger partial charge in [0, 0.05) is 20.4 Å². The van der Waals surface area contributed by atoms with Gasteiger partial charge in [-0.25, -0.2) is 4.98 Å². The third-order valence-corrected chi connectivity index (χ3v) is 9.32. The lowest BCUT2D eigenvalue weighted by Gasteiger charge is -2.16. The van der Waals surface area contributed by atoms with E-state index in [2.05, 4.69) is 52.9 Å². The lowest BCUT2D eigenvalue weighted by Crippen LogP contribution is -2.23. The Balaban J connectivity index is 1.74. The second-order valence-corrected chi connectivity index (χ2v) is 11.8. The van der Waals surface area contributed by atoms with Crippen molar-refractivity contribution >= 4 is 88.1 Å². The van der Waals surface area contributed by atoms with Gasteiger partial charge in [-0.05, 0) is 80.2 Å². The van der Waals surface area contributed by atoms with Crippen LogP contribution in [-0.2, 0) is 6.61 Å². The minimum atomic E-state index is -0.244. The average Bonchev–Trinajstić information content (AvgIpc) is 2.91. The van der Waals surface area contributed by atoms with Crippen molar-refractivity contribution in [2.45, 2.75) is 32.8 Å². The van der Waals surface area contributed by atoms with Crippen LogP contribution in [0.5, 0.6) is 11.5 Å². The van der Waals surface area contributed by atoms with Crippen LogP contribution in [0.2, 0.25) is 10.0 Å². The monoisotopic (exact) mass is 743 g/mol. The zero-order valence-corrected chi connectivity index (χ0v) is 26.8. The number of rotatable bonds is 8. The summed E-state index contributed by atoms with van der Waals surface area (Å²) < 4.78 is 15.1. The number of ether oxygens (including phenoxy) is 2. The summed E-state index contributed by atoms with van der Waals surface area (Å²) in [4.78, 5) is 18.2. The van der Waals surface area contributed by atoms with Crippen LogP contribution in [0.3, 0.4) is 0 Å². The zero-order chi connectivity index (χ0) is 27.6. The van der Waals surface area contributed by atoms with Gasteiger partial charge in [0.15, 0.2) is 11.5 Å². The molecule has 0 unspecified atom stereocenters. The first-order valence-electron chi connectivity index (χ1n) is 11.5. The standard InChI is InChI=1S/C27H22Br3Cl2N3O3/c1-4-14(2)26-34-21-8-6-17(28)11-18(21)27(36)35(26)33-12-16-10-22(37-3)25(24(30)23(16)29)38-13-15-5-7-19(31)20(32)9-15/h5-12,14H,4,13H2,1-3H3/t14-/m1/s1. The quantitative estimate of drug-likeness (QED) is 0.169. The maximum absolute atomic E-state index is 13.4. The Bertz CT molecular complexity index is 1610. The Morgan fingerprint density at radius 2 is 1.84 bits per heavy atom. The van der Waals surface area contributed by atoms with Crippen LogP contribution in [-0.4, -0.2) is 23.0 Å². The maximum atomic E-state index is 13.4. The van der Waals surface area contributed by atoms with Crippen molar-refractivity contribution in [3.05, 3.63) is 93.2 Å². The summed E-state index contributed by atoms with van der Waals surface area (Å²) in [6, 6.07) is 12.6. The molecule has 0 aliphatic rings. The fourth-order valence-electron chi connectivity index (χ4n) is 3.67. The smallest absolute Gasteiger partial charge is 0.282 e. The highest BCUT2D eigenvalue weighted by Crippen LogP contribution is 2.42. The predicted octanol–water partition coefficient (Wildman–Crippen LogP) is 8.97. The summed E-state index contributed by atoms with van der Waals surface area (Å²) >= 11 is 22.8. The highest BCUT2D eigenvalue weighted by Gasteiger charge is 2.19. The Kier molecular flexibility index (Phi) is 9.58. The molecule has 0 saturated carbocycles. The molecule has 11 heteroatoms. The molecule has 3 aromatic carbocycles. The maximum Gasteiger partial charge on any atom is 0.282 e. The van der Waals surface area contributed by atoms with Crippen molar-refractivity contribution in [1.82, 2.24) is 9.66 Å². The minimum absolute atomic E-state index is 0.0229. The van der Waals surface area contributed by atoms with Crippen molar-refractivity contribution in [2.24, 2.45) is 5.10 Å². The van der Waals surface area contributed by atoms with E-state index in [0.29, 0.717) is 52.8 Å². The van der Waals surface area contributed by atoms with E-state index in [1.165, 1.54) is 4.68 Å². The first-order chi connectivity index (χ1) is 18.1. The molecular formula is C27H22Br3Cl2N3O3. The highest BCUT2D eigenvalue weighted by atomic mass is 79.9. The molecule has 0 aliphatic carbocycles. The van der Waals surface area contributed by atoms with Gasteiger partial charge in [0.25, 0.3) is 5.56 Å². The number of hydrogen-bond acceptors (Lipinski definition) is 5. The fraction of sp³-hybridized carbons (Fsp3) is 0.222. The molecule has 198 valence electrons. The summed E-state index contributed by atoms with van der Waals surface area (Å²) in [5.74, 6) is 1.59. The molecule has 0 fully saturated rings. The molecule has 1 atom stereocenters. The third kappa shape index (κ3) is 6.12. The van der Waals surface area contributed by atoms with E-state index in [1.807, 2.05) is 32.0 Å². The molecule has 4 aromatic rings. The van der Waals surface area contributed by atoms with E-state index in [0.717, 1.165) is 16.5 Å². The lowest BCUT2D eigenvalue weighted by molar-refractivity contribution is 0.282. The molecule has 0 saturated heterocycles. The Morgan fingerprint density at radius 1 is 1.08 bits per heavy atom. The molecule has 0 amide bonds. The Morgan fingerprint density at radius 3 is 2.53 bits per heavy atom. The molecule has 4 rings (SSSR count). The molecule has 38 heavy (non-hydrogen) atoms. The number of benzene rings is 3. The van der Waals surface area contributed by atoms with Gasteiger partial charge in [-0.2, -0.15) is 9.78 Å². The van der Waals surface area contributed by atoms with E-state index in [9.17, 15) is 4.79 Å². The second kappa shape index (κ2) is 12.5. The Labute approximate surface area is 255 Å². The first kappa shape index (κ1) is 29.1. The number of halogens is 5. The van der Waals surface area contributed by atoms with Gasteiger partial charge < -0.3 is 9.47 Å². The third-order valence-electron chi connectivity index (χ3n) is 5.94. The van der Waals surface area contributed by atoms with Crippen molar-refractivity contribution in [3.63, 3.8) is 0 Å². The summed E-state index contributed by atoms with van der Waals surface area (Å²) in [6.07, 6.45) is 2.40. The fourth-order valence-corrected chi connectivity index (χ4v) is 5.29. The van der Waals surface area contributed by atoms with Crippen LogP contribution in [0.25, 0.3) is 10.9 Å². The highest BCUT2D eigenvalue weighted by molar-refractivity contribution is 9.13. The minimum Gasteiger partial charge on any atom is -0.493 e. The van der Waals surface area contributed by atoms with Gasteiger partial charge in [0.2, 0.25) is 0 Å². The first-order valence-corrected chi connectivity index (χ1v) is 14.7. The summed E-state index contributed by atoms with van der Waals surface area (Å²) in [5.41, 5.74) is 1.91. The van der Waals surface area contributed by atoms with Crippen molar-refractivity contribution < 1.29 is 9.47 Å². The van der Waals surface area contributed by atoms with Crippen LogP contribution in [0.15, 0.2) is 65.8 Å². The summed E-state index contributed by atoms with van der Waals surface area (Å²) in [7, 11) is 1.55. The van der Waals surface area contributed by atoms with Crippen LogP contribution in [0.1, 0.15) is 43.1 Å². The van der Waals surface area contributed by atoms with Gasteiger partial charge >= 0.3 is 0 Å². The number of fused-ring (bicyclic) bond motifs is 1. The second-order valence-electron chi connectivity index (χ2n) is 8.46. The van der Waals surface area contributed by atoms with Crippen molar-refractivity contribution in [1.29, 1.82) is 0 Å². The van der Waals surface area contributed by atoms with Crippen molar-refractivity contribution in [3.8, 4) is 11.5 Å². The molecular weight excluding hydrogens is 725 g/mol. The predicted molar refractivity (Wildman–Crippen MR) is 165 cm³/mol. The van der Waals surface area contributed by atoms with Crippen LogP contribution >= 0.6 is 71.0 Å². The number of hydrogen-bond donors (Lipinski definition) is 0. The van der Waals surface area contributed by atoms with Crippen molar-refractivity contribution in [2.75, 3.05) is 7.11 Å². The van der Waals surface area contributed by atoms with Gasteiger partial charge in [-0.15, -0.1) is 0 Å². The molecule has 0 N–H and O–H groups in total. The zero-order valence-electron chi connectivity index (χ0n) is 20.6. The molecule has 1 heterocycles. The molecule has 1 aromatic heterocycles. The number of nitrogens with zero attached hydrogens (tertiary/aromatic N) is 3. The molecule has 0 aliphatic heterocycles. The van der Waals surface area contributed by atoms with Gasteiger partial charge in [0.1, 0.15) is 12.4 Å². The van der Waals surface area contributed by atoms with E-state index in [-0.39, 0.29) is 18.1 Å². The molecule has 0 bridgehead atoms. The van der Waals surface area contributed by atoms with Gasteiger partial charge in [-0.3, -0.25) is 4.79 Å². The van der Waals surface area contributed by atoms with Crippen LogP contribution in [0.4, 0.5) is 0 Å². The Hall–Kier alpha value is -1.91. The van der Waals surface area contributed by atoms with Gasteiger partial charge in [0.05, 0.1) is 38.7 Å². The normalized spacial score (nSPS) is 12.3. The number of methoxy groups -OCH3 is 1. The molecule has 6 nitrogen and oxygen atoms in total. The summed E-state index contributed by atoms with van der Waals surface area (Å²) in [6.45, 7) is 4.32. The SMILES string of the molecule is CC[C@@H](C)c1nc2ccc(Br)cc2c(=O)n1N=Cc1cc(OC)c(OCc2ccc(Cl)c(Cl)c2)c(Br)c1Br.